The van der Waals surface area contributed by atoms with Crippen molar-refractivity contribution >= 4 is 11.9 Å². The van der Waals surface area contributed by atoms with E-state index in [1.54, 1.807) is 0 Å². The Morgan fingerprint density at radius 3 is 0.789 bits per heavy atom. The molecule has 0 aliphatic carbocycles. The highest BCUT2D eigenvalue weighted by molar-refractivity contribution is 5.76. The normalized spacial score (nSPS) is 12.5. The molecule has 90 heavy (non-hydrogen) atoms. The van der Waals surface area contributed by atoms with Crippen LogP contribution in [-0.2, 0) is 14.3 Å². The Hall–Kier alpha value is -1.66. The Bertz CT molecular complexity index is 1410. The molecule has 0 rings (SSSR count). The van der Waals surface area contributed by atoms with Gasteiger partial charge in [0.25, 0.3) is 0 Å². The second-order valence-corrected chi connectivity index (χ2v) is 28.8. The van der Waals surface area contributed by atoms with Gasteiger partial charge in [0.15, 0.2) is 0 Å². The summed E-state index contributed by atoms with van der Waals surface area (Å²) in [6.45, 7) is 5.00. The van der Waals surface area contributed by atoms with E-state index in [9.17, 15) is 19.8 Å². The molecular weight excluding hydrogens is 1100 g/mol. The van der Waals surface area contributed by atoms with Crippen LogP contribution in [0.1, 0.15) is 476 Å². The maximum atomic E-state index is 12.6. The molecule has 0 radical (unpaired) electrons. The maximum Gasteiger partial charge on any atom is 0.305 e. The molecule has 0 aromatic carbocycles. The topological polar surface area (TPSA) is 95.9 Å². The largest absolute Gasteiger partial charge is 0.466 e. The lowest BCUT2D eigenvalue weighted by Gasteiger charge is -2.22. The van der Waals surface area contributed by atoms with Crippen LogP contribution < -0.4 is 5.32 Å². The minimum absolute atomic E-state index is 0.0151. The standard InChI is InChI=1S/C84H163NO5/c1-3-5-7-9-11-13-15-17-19-21-22-42-45-48-52-56-60-64-68-72-76-82(87)81(80-86)85-83(88)77-73-69-65-61-57-53-49-46-43-40-38-36-34-32-30-28-26-24-23-25-27-29-31-33-35-37-39-41-44-47-51-55-59-63-67-71-75-79-90-84(89)78-74-70-66-62-58-54-50-20-18-16-14-12-10-8-6-4-2/h20,23,25,50,81-82,86-87H,3-19,21-22,24,26-49,51-80H2,1-2H3,(H,85,88)/b25-23-,50-20-. The van der Waals surface area contributed by atoms with E-state index < -0.39 is 12.1 Å². The van der Waals surface area contributed by atoms with Crippen molar-refractivity contribution in [2.24, 2.45) is 0 Å². The van der Waals surface area contributed by atoms with Gasteiger partial charge in [0, 0.05) is 12.8 Å². The molecule has 2 atom stereocenters. The fourth-order valence-electron chi connectivity index (χ4n) is 13.4. The van der Waals surface area contributed by atoms with Gasteiger partial charge in [-0.3, -0.25) is 9.59 Å². The molecule has 0 aliphatic rings. The zero-order valence-electron chi connectivity index (χ0n) is 61.4. The van der Waals surface area contributed by atoms with Crippen molar-refractivity contribution in [1.82, 2.24) is 5.32 Å². The third-order valence-electron chi connectivity index (χ3n) is 19.7. The van der Waals surface area contributed by atoms with E-state index in [4.69, 9.17) is 4.74 Å². The number of hydrogen-bond donors (Lipinski definition) is 3. The summed E-state index contributed by atoms with van der Waals surface area (Å²) in [5, 5.41) is 23.5. The van der Waals surface area contributed by atoms with E-state index in [0.29, 0.717) is 25.9 Å². The highest BCUT2D eigenvalue weighted by Crippen LogP contribution is 2.20. The summed E-state index contributed by atoms with van der Waals surface area (Å²) >= 11 is 0. The second kappa shape index (κ2) is 79.8. The predicted octanol–water partition coefficient (Wildman–Crippen LogP) is 27.6. The Morgan fingerprint density at radius 2 is 0.522 bits per heavy atom. The third kappa shape index (κ3) is 75.4. The summed E-state index contributed by atoms with van der Waals surface area (Å²) in [5.41, 5.74) is 0. The number of rotatable bonds is 79. The second-order valence-electron chi connectivity index (χ2n) is 28.8. The van der Waals surface area contributed by atoms with E-state index in [-0.39, 0.29) is 18.5 Å². The van der Waals surface area contributed by atoms with Crippen LogP contribution in [0.5, 0.6) is 0 Å². The van der Waals surface area contributed by atoms with Gasteiger partial charge in [0.1, 0.15) is 0 Å². The van der Waals surface area contributed by atoms with Crippen LogP contribution in [0.25, 0.3) is 0 Å². The SMILES string of the molecule is CCCCCCCCC/C=C\CCCCCCCC(=O)OCCCCCCCCCCCCCCCCCC/C=C\CCCCCCCCCCCCCCCCCCCC(=O)NC(CO)C(O)CCCCCCCCCCCCCCCCCCCCCC. The van der Waals surface area contributed by atoms with Gasteiger partial charge in [-0.05, 0) is 77.0 Å². The zero-order chi connectivity index (χ0) is 64.9. The lowest BCUT2D eigenvalue weighted by Crippen LogP contribution is -2.45. The molecule has 0 saturated heterocycles. The number of carbonyl (C=O) groups is 2. The number of allylic oxidation sites excluding steroid dienone is 4. The van der Waals surface area contributed by atoms with Gasteiger partial charge >= 0.3 is 5.97 Å². The minimum atomic E-state index is -0.662. The van der Waals surface area contributed by atoms with Gasteiger partial charge in [-0.25, -0.2) is 0 Å². The molecule has 0 aromatic heterocycles. The first-order chi connectivity index (χ1) is 44.5. The number of hydrogen-bond acceptors (Lipinski definition) is 5. The van der Waals surface area contributed by atoms with Gasteiger partial charge in [0.2, 0.25) is 5.91 Å². The average Bonchev–Trinajstić information content (AvgIpc) is 3.68. The predicted molar refractivity (Wildman–Crippen MR) is 398 cm³/mol. The van der Waals surface area contributed by atoms with E-state index >= 15 is 0 Å². The van der Waals surface area contributed by atoms with E-state index in [2.05, 4.69) is 43.5 Å². The first-order valence-corrected chi connectivity index (χ1v) is 41.6. The maximum absolute atomic E-state index is 12.6. The van der Waals surface area contributed by atoms with E-state index in [1.807, 2.05) is 0 Å². The number of aliphatic hydroxyl groups is 2. The van der Waals surface area contributed by atoms with Gasteiger partial charge in [-0.15, -0.1) is 0 Å². The first-order valence-electron chi connectivity index (χ1n) is 41.6. The fourth-order valence-corrected chi connectivity index (χ4v) is 13.4. The summed E-state index contributed by atoms with van der Waals surface area (Å²) in [5.74, 6) is -0.0106. The molecule has 0 aliphatic heterocycles. The highest BCUT2D eigenvalue weighted by Gasteiger charge is 2.20. The summed E-state index contributed by atoms with van der Waals surface area (Å²) in [6, 6.07) is -0.539. The van der Waals surface area contributed by atoms with Gasteiger partial charge in [-0.1, -0.05) is 411 Å². The van der Waals surface area contributed by atoms with Crippen molar-refractivity contribution < 1.29 is 24.5 Å². The van der Waals surface area contributed by atoms with Crippen molar-refractivity contribution in [3.05, 3.63) is 24.3 Å². The first kappa shape index (κ1) is 88.3. The van der Waals surface area contributed by atoms with Crippen LogP contribution in [0.3, 0.4) is 0 Å². The molecule has 0 spiro atoms. The Balaban J connectivity index is 3.33. The summed E-state index contributed by atoms with van der Waals surface area (Å²) < 4.78 is 5.50. The Morgan fingerprint density at radius 1 is 0.300 bits per heavy atom. The number of esters is 1. The molecule has 0 bridgehead atoms. The lowest BCUT2D eigenvalue weighted by molar-refractivity contribution is -0.143. The Kier molecular flexibility index (Phi) is 78.3. The number of ether oxygens (including phenoxy) is 1. The lowest BCUT2D eigenvalue weighted by atomic mass is 10.0. The quantitative estimate of drug-likeness (QED) is 0.0320. The monoisotopic (exact) mass is 1270 g/mol. The van der Waals surface area contributed by atoms with Crippen LogP contribution in [0.15, 0.2) is 24.3 Å². The summed E-state index contributed by atoms with van der Waals surface area (Å²) in [4.78, 5) is 24.7. The molecule has 0 aromatic rings. The van der Waals surface area contributed by atoms with Crippen molar-refractivity contribution in [3.8, 4) is 0 Å². The molecule has 6 nitrogen and oxygen atoms in total. The molecule has 0 heterocycles. The van der Waals surface area contributed by atoms with Crippen molar-refractivity contribution in [1.29, 1.82) is 0 Å². The van der Waals surface area contributed by atoms with Crippen molar-refractivity contribution in [2.75, 3.05) is 13.2 Å². The number of nitrogens with one attached hydrogen (secondary N) is 1. The molecule has 0 fully saturated rings. The van der Waals surface area contributed by atoms with Crippen molar-refractivity contribution in [3.63, 3.8) is 0 Å². The van der Waals surface area contributed by atoms with Crippen LogP contribution in [0.4, 0.5) is 0 Å². The number of aliphatic hydroxyl groups excluding tert-OH is 2. The highest BCUT2D eigenvalue weighted by atomic mass is 16.5. The smallest absolute Gasteiger partial charge is 0.305 e. The van der Waals surface area contributed by atoms with Crippen LogP contribution in [0.2, 0.25) is 0 Å². The molecule has 0 saturated carbocycles. The Labute approximate surface area is 564 Å². The number of amides is 1. The van der Waals surface area contributed by atoms with Gasteiger partial charge < -0.3 is 20.3 Å². The van der Waals surface area contributed by atoms with Gasteiger partial charge in [0.05, 0.1) is 25.4 Å². The van der Waals surface area contributed by atoms with Crippen LogP contribution in [-0.4, -0.2) is 47.4 Å². The zero-order valence-corrected chi connectivity index (χ0v) is 61.4. The third-order valence-corrected chi connectivity index (χ3v) is 19.7. The molecule has 1 amide bonds. The molecule has 2 unspecified atom stereocenters. The fraction of sp³-hybridized carbons (Fsp3) is 0.929. The van der Waals surface area contributed by atoms with Crippen molar-refractivity contribution in [2.45, 2.75) is 488 Å². The van der Waals surface area contributed by atoms with E-state index in [0.717, 1.165) is 44.9 Å². The van der Waals surface area contributed by atoms with Gasteiger partial charge in [-0.2, -0.15) is 0 Å². The average molecular weight is 1270 g/mol. The molecule has 3 N–H and O–H groups in total. The van der Waals surface area contributed by atoms with Crippen LogP contribution in [0, 0.1) is 0 Å². The molecule has 534 valence electrons. The molecular formula is C84H163NO5. The summed E-state index contributed by atoms with van der Waals surface area (Å²) in [6.07, 6.45) is 103. The summed E-state index contributed by atoms with van der Waals surface area (Å²) in [7, 11) is 0. The number of unbranched alkanes of at least 4 members (excludes halogenated alkanes) is 64. The minimum Gasteiger partial charge on any atom is -0.466 e. The van der Waals surface area contributed by atoms with E-state index in [1.165, 1.54) is 398 Å². The number of carbonyl (C=O) groups excluding carboxylic acids is 2. The van der Waals surface area contributed by atoms with Crippen LogP contribution >= 0.6 is 0 Å². The molecule has 6 heteroatoms.